The van der Waals surface area contributed by atoms with E-state index in [1.54, 1.807) is 37.4 Å². The zero-order valence-electron chi connectivity index (χ0n) is 12.7. The van der Waals surface area contributed by atoms with Crippen LogP contribution in [0.5, 0.6) is 17.2 Å². The molecule has 0 aromatic heterocycles. The van der Waals surface area contributed by atoms with Crippen LogP contribution in [0.4, 0.5) is 0 Å². The van der Waals surface area contributed by atoms with Crippen molar-refractivity contribution >= 4 is 42.2 Å². The molecule has 7 heteroatoms. The first-order chi connectivity index (χ1) is 11.0. The van der Waals surface area contributed by atoms with Gasteiger partial charge in [-0.2, -0.15) is 0 Å². The van der Waals surface area contributed by atoms with Gasteiger partial charge in [0.1, 0.15) is 17.2 Å². The molecular weight excluding hydrogens is 358 g/mol. The van der Waals surface area contributed by atoms with E-state index in [9.17, 15) is 5.11 Å². The third-order valence-electron chi connectivity index (χ3n) is 3.08. The average molecular weight is 372 g/mol. The van der Waals surface area contributed by atoms with Gasteiger partial charge in [-0.1, -0.05) is 37.5 Å². The predicted octanol–water partition coefficient (Wildman–Crippen LogP) is 3.13. The average Bonchev–Trinajstić information content (AvgIpc) is 2.54. The third kappa shape index (κ3) is 3.91. The summed E-state index contributed by atoms with van der Waals surface area (Å²) in [5.74, 6) is 1.54. The smallest absolute Gasteiger partial charge is 0.138 e. The molecule has 0 bridgehead atoms. The van der Waals surface area contributed by atoms with E-state index in [4.69, 9.17) is 37.4 Å². The number of ether oxygens (including phenoxy) is 3. The third-order valence-corrected chi connectivity index (χ3v) is 4.80. The second kappa shape index (κ2) is 7.89. The van der Waals surface area contributed by atoms with Crippen LogP contribution < -0.4 is 24.6 Å². The largest absolute Gasteiger partial charge is 0.823 e. The van der Waals surface area contributed by atoms with Crippen LogP contribution in [0.2, 0.25) is 10.0 Å². The Morgan fingerprint density at radius 3 is 1.91 bits per heavy atom. The van der Waals surface area contributed by atoms with E-state index in [1.165, 1.54) is 14.2 Å². The van der Waals surface area contributed by atoms with Gasteiger partial charge in [0.2, 0.25) is 0 Å². The molecule has 23 heavy (non-hydrogen) atoms. The van der Waals surface area contributed by atoms with E-state index < -0.39 is 0 Å². The van der Waals surface area contributed by atoms with E-state index >= 15 is 0 Å². The van der Waals surface area contributed by atoms with Gasteiger partial charge in [0.15, 0.2) is 0 Å². The molecule has 0 fully saturated rings. The Hall–Kier alpha value is -1.45. The number of benzene rings is 2. The molecular formula is C16H14Cl2O4P-. The predicted molar refractivity (Wildman–Crippen MR) is 93.2 cm³/mol. The first-order valence-electron chi connectivity index (χ1n) is 6.52. The van der Waals surface area contributed by atoms with Gasteiger partial charge in [0.25, 0.3) is 0 Å². The maximum absolute atomic E-state index is 12.6. The van der Waals surface area contributed by atoms with Crippen LogP contribution in [0.1, 0.15) is 5.56 Å². The molecule has 0 N–H and O–H groups in total. The van der Waals surface area contributed by atoms with Crippen molar-refractivity contribution in [2.75, 3.05) is 21.3 Å². The second-order valence-electron chi connectivity index (χ2n) is 4.39. The van der Waals surface area contributed by atoms with Crippen molar-refractivity contribution in [1.29, 1.82) is 0 Å². The Morgan fingerprint density at radius 1 is 0.957 bits per heavy atom. The lowest BCUT2D eigenvalue weighted by Gasteiger charge is -2.18. The summed E-state index contributed by atoms with van der Waals surface area (Å²) in [6, 6.07) is 8.31. The fourth-order valence-corrected chi connectivity index (χ4v) is 3.75. The summed E-state index contributed by atoms with van der Waals surface area (Å²) in [7, 11) is 4.91. The fraction of sp³-hybridized carbons (Fsp3) is 0.188. The Bertz CT molecular complexity index is 702. The molecule has 0 aliphatic rings. The monoisotopic (exact) mass is 371 g/mol. The highest BCUT2D eigenvalue weighted by Crippen LogP contribution is 2.31. The summed E-state index contributed by atoms with van der Waals surface area (Å²) in [4.78, 5) is 0. The first-order valence-corrected chi connectivity index (χ1v) is 8.17. The van der Waals surface area contributed by atoms with Crippen molar-refractivity contribution in [3.05, 3.63) is 45.9 Å². The van der Waals surface area contributed by atoms with Gasteiger partial charge in [-0.15, -0.1) is 5.48 Å². The van der Waals surface area contributed by atoms with Crippen molar-refractivity contribution < 1.29 is 19.3 Å². The van der Waals surface area contributed by atoms with Gasteiger partial charge in [0, 0.05) is 27.7 Å². The lowest BCUT2D eigenvalue weighted by Crippen LogP contribution is -2.19. The van der Waals surface area contributed by atoms with E-state index in [0.29, 0.717) is 40.8 Å². The first kappa shape index (κ1) is 17.9. The Balaban J connectivity index is 2.62. The number of hydrogen-bond acceptors (Lipinski definition) is 4. The molecule has 0 unspecified atom stereocenters. The molecule has 0 saturated carbocycles. The summed E-state index contributed by atoms with van der Waals surface area (Å²) < 4.78 is 15.9. The van der Waals surface area contributed by atoms with Crippen LogP contribution in [0, 0.1) is 0 Å². The van der Waals surface area contributed by atoms with Gasteiger partial charge >= 0.3 is 0 Å². The van der Waals surface area contributed by atoms with Crippen LogP contribution in [0.15, 0.2) is 30.3 Å². The molecule has 0 aliphatic heterocycles. The molecule has 2 aromatic rings. The van der Waals surface area contributed by atoms with Crippen LogP contribution in [-0.4, -0.2) is 26.8 Å². The lowest BCUT2D eigenvalue weighted by atomic mass is 10.2. The van der Waals surface area contributed by atoms with E-state index in [2.05, 4.69) is 0 Å². The minimum absolute atomic E-state index is 0.248. The highest BCUT2D eigenvalue weighted by Gasteiger charge is 2.13. The number of methoxy groups -OCH3 is 3. The van der Waals surface area contributed by atoms with E-state index in [-0.39, 0.29) is 11.0 Å². The number of halogens is 2. The zero-order valence-corrected chi connectivity index (χ0v) is 15.1. The van der Waals surface area contributed by atoms with Crippen LogP contribution in [0.25, 0.3) is 0 Å². The SMILES string of the molecule is COc1cc(OC)c(P=C([O-])c2c(Cl)cccc2Cl)c(OC)c1. The molecule has 0 heterocycles. The summed E-state index contributed by atoms with van der Waals surface area (Å²) in [6.07, 6.45) is 0. The summed E-state index contributed by atoms with van der Waals surface area (Å²) in [6.45, 7) is 0. The molecule has 0 radical (unpaired) electrons. The molecule has 0 atom stereocenters. The van der Waals surface area contributed by atoms with E-state index in [0.717, 1.165) is 0 Å². The quantitative estimate of drug-likeness (QED) is 0.757. The number of hydrogen-bond donors (Lipinski definition) is 0. The molecule has 0 spiro atoms. The van der Waals surface area contributed by atoms with Crippen molar-refractivity contribution in [2.45, 2.75) is 0 Å². The van der Waals surface area contributed by atoms with Gasteiger partial charge in [-0.25, -0.2) is 0 Å². The van der Waals surface area contributed by atoms with Crippen LogP contribution in [-0.2, 0) is 0 Å². The molecule has 4 nitrogen and oxygen atoms in total. The molecule has 122 valence electrons. The van der Waals surface area contributed by atoms with Gasteiger partial charge in [-0.3, -0.25) is 0 Å². The maximum Gasteiger partial charge on any atom is 0.138 e. The maximum atomic E-state index is 12.6. The molecule has 2 rings (SSSR count). The highest BCUT2D eigenvalue weighted by atomic mass is 35.5. The topological polar surface area (TPSA) is 50.8 Å². The van der Waals surface area contributed by atoms with Crippen LogP contribution in [0.3, 0.4) is 0 Å². The Morgan fingerprint density at radius 2 is 1.48 bits per heavy atom. The zero-order chi connectivity index (χ0) is 17.0. The molecule has 2 aromatic carbocycles. The highest BCUT2D eigenvalue weighted by molar-refractivity contribution is 7.49. The van der Waals surface area contributed by atoms with Gasteiger partial charge in [0.05, 0.1) is 26.6 Å². The minimum atomic E-state index is -0.248. The van der Waals surface area contributed by atoms with Gasteiger partial charge < -0.3 is 19.3 Å². The van der Waals surface area contributed by atoms with Gasteiger partial charge in [-0.05, 0) is 12.1 Å². The second-order valence-corrected chi connectivity index (χ2v) is 6.29. The molecule has 0 amide bonds. The van der Waals surface area contributed by atoms with Crippen LogP contribution >= 0.6 is 31.4 Å². The normalized spacial score (nSPS) is 11.3. The standard InChI is InChI=1S/C16H15Cl2O4P/c1-20-9-7-12(21-2)15(13(8-9)22-3)23-16(19)14-10(17)5-4-6-11(14)18/h4-8,19H,1-3H3/p-1. The van der Waals surface area contributed by atoms with E-state index in [1.807, 2.05) is 0 Å². The Labute approximate surface area is 146 Å². The van der Waals surface area contributed by atoms with Crippen molar-refractivity contribution in [3.8, 4) is 17.2 Å². The summed E-state index contributed by atoms with van der Waals surface area (Å²) in [5.41, 5.74) is 0.0276. The molecule has 0 aliphatic carbocycles. The number of rotatable bonds is 5. The fourth-order valence-electron chi connectivity index (χ4n) is 1.96. The van der Waals surface area contributed by atoms with Crippen molar-refractivity contribution in [1.82, 2.24) is 0 Å². The lowest BCUT2D eigenvalue weighted by molar-refractivity contribution is -0.206. The minimum Gasteiger partial charge on any atom is -0.823 e. The summed E-state index contributed by atoms with van der Waals surface area (Å²) in [5, 5.41) is 13.8. The molecule has 0 saturated heterocycles. The Kier molecular flexibility index (Phi) is 6.14. The summed E-state index contributed by atoms with van der Waals surface area (Å²) >= 11 is 12.2. The van der Waals surface area contributed by atoms with Crippen molar-refractivity contribution in [3.63, 3.8) is 0 Å². The van der Waals surface area contributed by atoms with Crippen molar-refractivity contribution in [2.24, 2.45) is 0 Å².